The lowest BCUT2D eigenvalue weighted by molar-refractivity contribution is -0.0498. The zero-order valence-electron chi connectivity index (χ0n) is 14.0. The summed E-state index contributed by atoms with van der Waals surface area (Å²) in [6.45, 7) is -2.42. The minimum Gasteiger partial charge on any atom is -0.497 e. The lowest BCUT2D eigenvalue weighted by Crippen LogP contribution is -2.28. The molecule has 0 saturated carbocycles. The molecule has 1 heterocycles. The zero-order chi connectivity index (χ0) is 18.5. The number of ether oxygens (including phenoxy) is 2. The monoisotopic (exact) mass is 361 g/mol. The molecule has 6 nitrogen and oxygen atoms in total. The second-order valence-electron chi connectivity index (χ2n) is 5.48. The number of halogens is 2. The third-order valence-electron chi connectivity index (χ3n) is 3.79. The molecule has 0 radical (unpaired) electrons. The van der Waals surface area contributed by atoms with E-state index >= 15 is 0 Å². The number of carbonyl (C=O) groups excluding carboxylic acids is 1. The Morgan fingerprint density at radius 2 is 1.77 bits per heavy atom. The van der Waals surface area contributed by atoms with Crippen molar-refractivity contribution in [3.63, 3.8) is 0 Å². The van der Waals surface area contributed by atoms with Crippen LogP contribution in [0.4, 0.5) is 19.3 Å². The standard InChI is InChI=1S/C18H17F2N3O3/c1-25-14-8-4-13(5-9-14)21-18(24)23-11-10-16(22-23)12-2-6-15(7-3-12)26-17(19)20/h2-9,17H,10-11H2,1H3,(H,21,24). The average Bonchev–Trinajstić information content (AvgIpc) is 3.13. The van der Waals surface area contributed by atoms with E-state index in [0.29, 0.717) is 30.1 Å². The molecular formula is C18H17F2N3O3. The van der Waals surface area contributed by atoms with E-state index in [1.165, 1.54) is 17.1 Å². The minimum absolute atomic E-state index is 0.0800. The quantitative estimate of drug-likeness (QED) is 0.877. The highest BCUT2D eigenvalue weighted by Gasteiger charge is 2.21. The maximum atomic E-state index is 12.3. The second-order valence-corrected chi connectivity index (χ2v) is 5.48. The number of benzene rings is 2. The summed E-state index contributed by atoms with van der Waals surface area (Å²) in [7, 11) is 1.57. The Hall–Kier alpha value is -3.16. The van der Waals surface area contributed by atoms with Gasteiger partial charge in [-0.05, 0) is 54.1 Å². The van der Waals surface area contributed by atoms with Gasteiger partial charge in [0.2, 0.25) is 0 Å². The van der Waals surface area contributed by atoms with Gasteiger partial charge in [0, 0.05) is 12.1 Å². The Morgan fingerprint density at radius 3 is 2.38 bits per heavy atom. The Morgan fingerprint density at radius 1 is 1.12 bits per heavy atom. The van der Waals surface area contributed by atoms with Crippen LogP contribution in [-0.4, -0.2) is 37.0 Å². The minimum atomic E-state index is -2.86. The summed E-state index contributed by atoms with van der Waals surface area (Å²) < 4.78 is 33.7. The molecule has 2 amide bonds. The van der Waals surface area contributed by atoms with Gasteiger partial charge in [-0.3, -0.25) is 0 Å². The van der Waals surface area contributed by atoms with Crippen LogP contribution in [0.3, 0.4) is 0 Å². The van der Waals surface area contributed by atoms with Crippen molar-refractivity contribution in [3.8, 4) is 11.5 Å². The lowest BCUT2D eigenvalue weighted by Gasteiger charge is -2.13. The number of amides is 2. The van der Waals surface area contributed by atoms with Gasteiger partial charge < -0.3 is 14.8 Å². The zero-order valence-corrected chi connectivity index (χ0v) is 14.0. The van der Waals surface area contributed by atoms with Crippen molar-refractivity contribution in [2.45, 2.75) is 13.0 Å². The molecule has 1 N–H and O–H groups in total. The van der Waals surface area contributed by atoms with Crippen LogP contribution in [0, 0.1) is 0 Å². The third-order valence-corrected chi connectivity index (χ3v) is 3.79. The number of methoxy groups -OCH3 is 1. The van der Waals surface area contributed by atoms with Gasteiger partial charge in [0.15, 0.2) is 0 Å². The smallest absolute Gasteiger partial charge is 0.387 e. The molecule has 0 atom stereocenters. The molecule has 0 saturated heterocycles. The maximum Gasteiger partial charge on any atom is 0.387 e. The second kappa shape index (κ2) is 7.81. The number of anilines is 1. The normalized spacial score (nSPS) is 13.5. The molecule has 0 bridgehead atoms. The van der Waals surface area contributed by atoms with Gasteiger partial charge in [0.1, 0.15) is 11.5 Å². The highest BCUT2D eigenvalue weighted by Crippen LogP contribution is 2.20. The molecule has 0 aromatic heterocycles. The van der Waals surface area contributed by atoms with Crippen LogP contribution >= 0.6 is 0 Å². The molecule has 0 fully saturated rings. The molecule has 2 aromatic rings. The highest BCUT2D eigenvalue weighted by atomic mass is 19.3. The summed E-state index contributed by atoms with van der Waals surface area (Å²) in [5.74, 6) is 0.778. The highest BCUT2D eigenvalue weighted by molar-refractivity contribution is 6.03. The van der Waals surface area contributed by atoms with Crippen LogP contribution in [0.5, 0.6) is 11.5 Å². The third kappa shape index (κ3) is 4.27. The predicted molar refractivity (Wildman–Crippen MR) is 92.9 cm³/mol. The van der Waals surface area contributed by atoms with Gasteiger partial charge in [0.05, 0.1) is 19.4 Å². The molecule has 0 aliphatic carbocycles. The predicted octanol–water partition coefficient (Wildman–Crippen LogP) is 3.94. The Labute approximate surface area is 149 Å². The summed E-state index contributed by atoms with van der Waals surface area (Å²) in [5.41, 5.74) is 2.10. The van der Waals surface area contributed by atoms with E-state index in [2.05, 4.69) is 15.2 Å². The van der Waals surface area contributed by atoms with E-state index in [1.807, 2.05) is 0 Å². The van der Waals surface area contributed by atoms with Gasteiger partial charge in [-0.2, -0.15) is 13.9 Å². The fraction of sp³-hybridized carbons (Fsp3) is 0.222. The van der Waals surface area contributed by atoms with Crippen LogP contribution < -0.4 is 14.8 Å². The lowest BCUT2D eigenvalue weighted by atomic mass is 10.1. The number of nitrogens with zero attached hydrogens (tertiary/aromatic N) is 2. The van der Waals surface area contributed by atoms with Crippen molar-refractivity contribution in [1.82, 2.24) is 5.01 Å². The van der Waals surface area contributed by atoms with Crippen LogP contribution in [0.25, 0.3) is 0 Å². The van der Waals surface area contributed by atoms with Crippen LogP contribution in [0.15, 0.2) is 53.6 Å². The first kappa shape index (κ1) is 17.7. The van der Waals surface area contributed by atoms with Crippen LogP contribution in [-0.2, 0) is 0 Å². The van der Waals surface area contributed by atoms with E-state index in [0.717, 1.165) is 5.56 Å². The summed E-state index contributed by atoms with van der Waals surface area (Å²) >= 11 is 0. The fourth-order valence-corrected chi connectivity index (χ4v) is 2.50. The van der Waals surface area contributed by atoms with Crippen molar-refractivity contribution < 1.29 is 23.0 Å². The summed E-state index contributed by atoms with van der Waals surface area (Å²) in [5, 5.41) is 8.40. The Bertz CT molecular complexity index is 792. The number of hydrogen-bond donors (Lipinski definition) is 1. The van der Waals surface area contributed by atoms with E-state index in [9.17, 15) is 13.6 Å². The SMILES string of the molecule is COc1ccc(NC(=O)N2CCC(c3ccc(OC(F)F)cc3)=N2)cc1. The summed E-state index contributed by atoms with van der Waals surface area (Å²) in [6.07, 6.45) is 0.574. The topological polar surface area (TPSA) is 63.2 Å². The number of nitrogens with one attached hydrogen (secondary N) is 1. The molecule has 26 heavy (non-hydrogen) atoms. The van der Waals surface area contributed by atoms with Crippen molar-refractivity contribution in [2.75, 3.05) is 19.0 Å². The van der Waals surface area contributed by atoms with Crippen molar-refractivity contribution in [1.29, 1.82) is 0 Å². The van der Waals surface area contributed by atoms with E-state index < -0.39 is 6.61 Å². The molecule has 2 aromatic carbocycles. The van der Waals surface area contributed by atoms with Crippen molar-refractivity contribution >= 4 is 17.4 Å². The number of rotatable bonds is 5. The molecule has 3 rings (SSSR count). The first-order chi connectivity index (χ1) is 12.5. The van der Waals surface area contributed by atoms with Gasteiger partial charge in [-0.15, -0.1) is 0 Å². The number of carbonyl (C=O) groups is 1. The first-order valence-corrected chi connectivity index (χ1v) is 7.90. The molecule has 8 heteroatoms. The molecule has 0 unspecified atom stereocenters. The van der Waals surface area contributed by atoms with Crippen LogP contribution in [0.2, 0.25) is 0 Å². The van der Waals surface area contributed by atoms with Gasteiger partial charge in [-0.25, -0.2) is 9.80 Å². The van der Waals surface area contributed by atoms with Gasteiger partial charge in [0.25, 0.3) is 0 Å². The molecule has 0 spiro atoms. The number of hydrogen-bond acceptors (Lipinski definition) is 4. The molecule has 1 aliphatic heterocycles. The van der Waals surface area contributed by atoms with Gasteiger partial charge in [-0.1, -0.05) is 0 Å². The van der Waals surface area contributed by atoms with Crippen molar-refractivity contribution in [3.05, 3.63) is 54.1 Å². The molecule has 1 aliphatic rings. The Kier molecular flexibility index (Phi) is 5.31. The molecular weight excluding hydrogens is 344 g/mol. The number of urea groups is 1. The summed E-state index contributed by atoms with van der Waals surface area (Å²) in [6, 6.07) is 12.8. The molecule has 136 valence electrons. The Balaban J connectivity index is 1.63. The van der Waals surface area contributed by atoms with Crippen molar-refractivity contribution in [2.24, 2.45) is 5.10 Å². The number of hydrazone groups is 1. The first-order valence-electron chi connectivity index (χ1n) is 7.90. The van der Waals surface area contributed by atoms with E-state index in [1.54, 1.807) is 43.5 Å². The largest absolute Gasteiger partial charge is 0.497 e. The van der Waals surface area contributed by atoms with E-state index in [4.69, 9.17) is 4.74 Å². The summed E-state index contributed by atoms with van der Waals surface area (Å²) in [4.78, 5) is 12.3. The van der Waals surface area contributed by atoms with Crippen LogP contribution in [0.1, 0.15) is 12.0 Å². The van der Waals surface area contributed by atoms with E-state index in [-0.39, 0.29) is 11.8 Å². The number of alkyl halides is 2. The maximum absolute atomic E-state index is 12.3. The fourth-order valence-electron chi connectivity index (χ4n) is 2.50. The van der Waals surface area contributed by atoms with Gasteiger partial charge >= 0.3 is 12.6 Å². The average molecular weight is 361 g/mol.